The van der Waals surface area contributed by atoms with E-state index in [2.05, 4.69) is 16.8 Å². The zero-order chi connectivity index (χ0) is 12.8. The van der Waals surface area contributed by atoms with E-state index >= 15 is 0 Å². The summed E-state index contributed by atoms with van der Waals surface area (Å²) in [6.07, 6.45) is 5.14. The largest absolute Gasteiger partial charge is 0.369 e. The van der Waals surface area contributed by atoms with Crippen LogP contribution in [0.5, 0.6) is 0 Å². The van der Waals surface area contributed by atoms with E-state index in [0.717, 1.165) is 24.7 Å². The van der Waals surface area contributed by atoms with Crippen molar-refractivity contribution in [3.8, 4) is 0 Å². The molecule has 1 aromatic rings. The first-order valence-corrected chi connectivity index (χ1v) is 6.93. The molecule has 1 fully saturated rings. The van der Waals surface area contributed by atoms with Crippen LogP contribution in [0.1, 0.15) is 32.6 Å². The molecule has 1 aliphatic heterocycles. The standard InChI is InChI=1S/C15H23N3/c1-2-6-13-9-11-18(12-10-13)15(16)17-14-7-4-3-5-8-14/h3-5,7-8,13H,2,6,9-12H2,1H3,(H2,16,17). The second kappa shape index (κ2) is 6.43. The molecular weight excluding hydrogens is 222 g/mol. The van der Waals surface area contributed by atoms with Gasteiger partial charge in [0.1, 0.15) is 0 Å². The second-order valence-electron chi connectivity index (χ2n) is 5.02. The molecule has 0 unspecified atom stereocenters. The van der Waals surface area contributed by atoms with Gasteiger partial charge >= 0.3 is 0 Å². The molecule has 0 bridgehead atoms. The average Bonchev–Trinajstić information content (AvgIpc) is 2.41. The van der Waals surface area contributed by atoms with E-state index in [1.54, 1.807) is 0 Å². The van der Waals surface area contributed by atoms with Gasteiger partial charge < -0.3 is 10.6 Å². The van der Waals surface area contributed by atoms with Crippen molar-refractivity contribution in [2.75, 3.05) is 13.1 Å². The summed E-state index contributed by atoms with van der Waals surface area (Å²) >= 11 is 0. The van der Waals surface area contributed by atoms with Crippen LogP contribution in [0, 0.1) is 5.92 Å². The maximum Gasteiger partial charge on any atom is 0.196 e. The first kappa shape index (κ1) is 12.9. The summed E-state index contributed by atoms with van der Waals surface area (Å²) in [4.78, 5) is 6.68. The highest BCUT2D eigenvalue weighted by molar-refractivity contribution is 5.81. The van der Waals surface area contributed by atoms with E-state index < -0.39 is 0 Å². The van der Waals surface area contributed by atoms with Crippen molar-refractivity contribution in [3.63, 3.8) is 0 Å². The number of piperidine rings is 1. The normalized spacial score (nSPS) is 18.1. The summed E-state index contributed by atoms with van der Waals surface area (Å²) in [5.74, 6) is 1.55. The Kier molecular flexibility index (Phi) is 4.62. The molecule has 0 aromatic heterocycles. The monoisotopic (exact) mass is 245 g/mol. The summed E-state index contributed by atoms with van der Waals surface area (Å²) in [6, 6.07) is 9.93. The Morgan fingerprint density at radius 2 is 1.94 bits per heavy atom. The van der Waals surface area contributed by atoms with Gasteiger partial charge in [-0.2, -0.15) is 0 Å². The molecule has 1 saturated heterocycles. The molecule has 0 radical (unpaired) electrons. The fraction of sp³-hybridized carbons (Fsp3) is 0.533. The van der Waals surface area contributed by atoms with Crippen molar-refractivity contribution < 1.29 is 0 Å². The van der Waals surface area contributed by atoms with Crippen LogP contribution >= 0.6 is 0 Å². The van der Waals surface area contributed by atoms with E-state index in [4.69, 9.17) is 5.73 Å². The number of likely N-dealkylation sites (tertiary alicyclic amines) is 1. The van der Waals surface area contributed by atoms with Crippen molar-refractivity contribution in [1.29, 1.82) is 0 Å². The molecule has 18 heavy (non-hydrogen) atoms. The van der Waals surface area contributed by atoms with E-state index in [-0.39, 0.29) is 0 Å². The van der Waals surface area contributed by atoms with Gasteiger partial charge in [0.2, 0.25) is 0 Å². The summed E-state index contributed by atoms with van der Waals surface area (Å²) in [6.45, 7) is 4.36. The molecule has 2 N–H and O–H groups in total. The highest BCUT2D eigenvalue weighted by Crippen LogP contribution is 2.22. The zero-order valence-corrected chi connectivity index (χ0v) is 11.2. The summed E-state index contributed by atoms with van der Waals surface area (Å²) in [5.41, 5.74) is 7.01. The van der Waals surface area contributed by atoms with Crippen LogP contribution in [0.2, 0.25) is 0 Å². The molecule has 0 saturated carbocycles. The van der Waals surface area contributed by atoms with Gasteiger partial charge in [-0.15, -0.1) is 0 Å². The highest BCUT2D eigenvalue weighted by Gasteiger charge is 2.19. The fourth-order valence-electron chi connectivity index (χ4n) is 2.56. The third-order valence-electron chi connectivity index (χ3n) is 3.64. The molecule has 3 nitrogen and oxygen atoms in total. The Balaban J connectivity index is 1.91. The van der Waals surface area contributed by atoms with Gasteiger partial charge in [0.05, 0.1) is 5.69 Å². The summed E-state index contributed by atoms with van der Waals surface area (Å²) in [5, 5.41) is 0. The highest BCUT2D eigenvalue weighted by atomic mass is 15.3. The molecule has 98 valence electrons. The Labute approximate surface area is 110 Å². The smallest absolute Gasteiger partial charge is 0.196 e. The van der Waals surface area contributed by atoms with Crippen LogP contribution in [0.4, 0.5) is 5.69 Å². The van der Waals surface area contributed by atoms with E-state index in [9.17, 15) is 0 Å². The van der Waals surface area contributed by atoms with Crippen molar-refractivity contribution >= 4 is 11.6 Å². The Morgan fingerprint density at radius 1 is 1.28 bits per heavy atom. The molecule has 0 amide bonds. The number of hydrogen-bond donors (Lipinski definition) is 1. The molecular formula is C15H23N3. The molecule has 1 aliphatic rings. The number of guanidine groups is 1. The number of nitrogens with two attached hydrogens (primary N) is 1. The molecule has 0 spiro atoms. The number of rotatable bonds is 3. The minimum atomic E-state index is 0.663. The molecule has 1 aromatic carbocycles. The van der Waals surface area contributed by atoms with Crippen LogP contribution in [-0.2, 0) is 0 Å². The molecule has 2 rings (SSSR count). The molecule has 3 heteroatoms. The van der Waals surface area contributed by atoms with Crippen molar-refractivity contribution in [1.82, 2.24) is 4.90 Å². The van der Waals surface area contributed by atoms with Crippen molar-refractivity contribution in [2.45, 2.75) is 32.6 Å². The first-order chi connectivity index (χ1) is 8.79. The molecule has 0 aliphatic carbocycles. The van der Waals surface area contributed by atoms with Crippen LogP contribution < -0.4 is 5.73 Å². The number of para-hydroxylation sites is 1. The SMILES string of the molecule is CCCC1CCN(C(N)=Nc2ccccc2)CC1. The zero-order valence-electron chi connectivity index (χ0n) is 11.2. The summed E-state index contributed by atoms with van der Waals surface area (Å²) < 4.78 is 0. The quantitative estimate of drug-likeness (QED) is 0.656. The van der Waals surface area contributed by atoms with E-state index in [1.165, 1.54) is 25.7 Å². The van der Waals surface area contributed by atoms with Crippen LogP contribution in [0.15, 0.2) is 35.3 Å². The predicted octanol–water partition coefficient (Wildman–Crippen LogP) is 3.14. The van der Waals surface area contributed by atoms with Gasteiger partial charge in [-0.05, 0) is 30.9 Å². The molecule has 0 atom stereocenters. The van der Waals surface area contributed by atoms with Gasteiger partial charge in [0.15, 0.2) is 5.96 Å². The van der Waals surface area contributed by atoms with Crippen LogP contribution in [-0.4, -0.2) is 23.9 Å². The third-order valence-corrected chi connectivity index (χ3v) is 3.64. The third kappa shape index (κ3) is 3.49. The Morgan fingerprint density at radius 3 is 2.56 bits per heavy atom. The van der Waals surface area contributed by atoms with Gasteiger partial charge in [0.25, 0.3) is 0 Å². The van der Waals surface area contributed by atoms with Gasteiger partial charge in [-0.25, -0.2) is 4.99 Å². The first-order valence-electron chi connectivity index (χ1n) is 6.93. The average molecular weight is 245 g/mol. The lowest BCUT2D eigenvalue weighted by Crippen LogP contribution is -2.42. The van der Waals surface area contributed by atoms with Crippen LogP contribution in [0.25, 0.3) is 0 Å². The van der Waals surface area contributed by atoms with E-state index in [0.29, 0.717) is 5.96 Å². The fourth-order valence-corrected chi connectivity index (χ4v) is 2.56. The Hall–Kier alpha value is -1.51. The van der Waals surface area contributed by atoms with Crippen molar-refractivity contribution in [3.05, 3.63) is 30.3 Å². The number of nitrogens with zero attached hydrogens (tertiary/aromatic N) is 2. The molecule has 1 heterocycles. The predicted molar refractivity (Wildman–Crippen MR) is 76.9 cm³/mol. The minimum Gasteiger partial charge on any atom is -0.369 e. The summed E-state index contributed by atoms with van der Waals surface area (Å²) in [7, 11) is 0. The second-order valence-corrected chi connectivity index (χ2v) is 5.02. The van der Waals surface area contributed by atoms with Crippen LogP contribution in [0.3, 0.4) is 0 Å². The number of aliphatic imine (C=N–C) groups is 1. The van der Waals surface area contributed by atoms with E-state index in [1.807, 2.05) is 30.3 Å². The van der Waals surface area contributed by atoms with Crippen molar-refractivity contribution in [2.24, 2.45) is 16.6 Å². The lowest BCUT2D eigenvalue weighted by atomic mass is 9.93. The van der Waals surface area contributed by atoms with Gasteiger partial charge in [0, 0.05) is 13.1 Å². The lowest BCUT2D eigenvalue weighted by molar-refractivity contribution is 0.253. The Bertz CT molecular complexity index is 378. The van der Waals surface area contributed by atoms with Gasteiger partial charge in [-0.3, -0.25) is 0 Å². The number of hydrogen-bond acceptors (Lipinski definition) is 1. The lowest BCUT2D eigenvalue weighted by Gasteiger charge is -2.32. The van der Waals surface area contributed by atoms with Gasteiger partial charge in [-0.1, -0.05) is 38.0 Å². The maximum atomic E-state index is 6.08. The minimum absolute atomic E-state index is 0.663. The number of benzene rings is 1. The maximum absolute atomic E-state index is 6.08. The topological polar surface area (TPSA) is 41.6 Å².